The summed E-state index contributed by atoms with van der Waals surface area (Å²) in [5.74, 6) is 5.30. The molecule has 0 aliphatic carbocycles. The quantitative estimate of drug-likeness (QED) is 0.336. The predicted molar refractivity (Wildman–Crippen MR) is 120 cm³/mol. The van der Waals surface area contributed by atoms with Gasteiger partial charge in [-0.2, -0.15) is 0 Å². The van der Waals surface area contributed by atoms with E-state index in [4.69, 9.17) is 5.84 Å². The van der Waals surface area contributed by atoms with Crippen molar-refractivity contribution in [2.24, 2.45) is 5.84 Å². The number of nitrogen functional groups attached to an aromatic ring is 1. The number of thiazole rings is 1. The Morgan fingerprint density at radius 1 is 1.20 bits per heavy atom. The van der Waals surface area contributed by atoms with Crippen molar-refractivity contribution < 1.29 is 4.79 Å². The molecule has 5 rings (SSSR count). The van der Waals surface area contributed by atoms with E-state index in [1.165, 1.54) is 24.2 Å². The van der Waals surface area contributed by atoms with Crippen molar-refractivity contribution in [2.45, 2.75) is 12.8 Å². The number of para-hydroxylation sites is 1. The summed E-state index contributed by atoms with van der Waals surface area (Å²) in [7, 11) is 0. The van der Waals surface area contributed by atoms with E-state index in [2.05, 4.69) is 20.6 Å². The van der Waals surface area contributed by atoms with Gasteiger partial charge in [-0.25, -0.2) is 4.98 Å². The van der Waals surface area contributed by atoms with Crippen LogP contribution in [0.15, 0.2) is 41.3 Å². The highest BCUT2D eigenvalue weighted by atomic mass is 32.1. The third-order valence-electron chi connectivity index (χ3n) is 5.62. The van der Waals surface area contributed by atoms with E-state index in [-0.39, 0.29) is 16.9 Å². The lowest BCUT2D eigenvalue weighted by molar-refractivity contribution is 0.0950. The highest BCUT2D eigenvalue weighted by Gasteiger charge is 2.24. The van der Waals surface area contributed by atoms with E-state index in [0.29, 0.717) is 28.1 Å². The number of aromatic nitrogens is 2. The Morgan fingerprint density at radius 2 is 2.00 bits per heavy atom. The lowest BCUT2D eigenvalue weighted by atomic mass is 10.1. The molecule has 4 N–H and O–H groups in total. The predicted octanol–water partition coefficient (Wildman–Crippen LogP) is 2.17. The molecule has 4 heterocycles. The van der Waals surface area contributed by atoms with Crippen LogP contribution in [0.4, 0.5) is 5.69 Å². The molecule has 1 aliphatic rings. The molecule has 1 aromatic carbocycles. The van der Waals surface area contributed by atoms with Gasteiger partial charge in [0.25, 0.3) is 5.91 Å². The number of benzene rings is 1. The minimum atomic E-state index is -0.365. The van der Waals surface area contributed by atoms with Gasteiger partial charge in [0.1, 0.15) is 10.4 Å². The van der Waals surface area contributed by atoms with Crippen LogP contribution in [-0.4, -0.2) is 46.4 Å². The van der Waals surface area contributed by atoms with Gasteiger partial charge in [0.15, 0.2) is 5.65 Å². The van der Waals surface area contributed by atoms with E-state index >= 15 is 0 Å². The number of anilines is 1. The number of pyridine rings is 2. The number of hydrogen-bond donors (Lipinski definition) is 3. The van der Waals surface area contributed by atoms with Crippen LogP contribution in [-0.2, 0) is 0 Å². The Bertz CT molecular complexity index is 1320. The first kappa shape index (κ1) is 19.0. The molecule has 0 radical (unpaired) electrons. The molecule has 8 nitrogen and oxygen atoms in total. The molecule has 1 fully saturated rings. The van der Waals surface area contributed by atoms with E-state index in [1.54, 1.807) is 12.3 Å². The molecule has 0 unspecified atom stereocenters. The number of nitrogens with zero attached hydrogens (tertiary/aromatic N) is 3. The van der Waals surface area contributed by atoms with Gasteiger partial charge in [-0.05, 0) is 44.1 Å². The molecule has 1 saturated heterocycles. The van der Waals surface area contributed by atoms with Crippen molar-refractivity contribution in [3.05, 3.63) is 52.3 Å². The van der Waals surface area contributed by atoms with Gasteiger partial charge in [-0.3, -0.25) is 19.8 Å². The third-order valence-corrected chi connectivity index (χ3v) is 6.77. The molecule has 1 aliphatic heterocycles. The van der Waals surface area contributed by atoms with Crippen LogP contribution >= 0.6 is 11.3 Å². The van der Waals surface area contributed by atoms with Gasteiger partial charge in [-0.1, -0.05) is 12.1 Å². The lowest BCUT2D eigenvalue weighted by Crippen LogP contribution is -2.36. The fourth-order valence-corrected chi connectivity index (χ4v) is 5.35. The maximum atomic E-state index is 13.4. The largest absolute Gasteiger partial charge is 0.351 e. The zero-order valence-electron chi connectivity index (χ0n) is 16.4. The van der Waals surface area contributed by atoms with Gasteiger partial charge in [0, 0.05) is 19.3 Å². The van der Waals surface area contributed by atoms with Crippen molar-refractivity contribution in [2.75, 3.05) is 31.6 Å². The molecular weight excluding hydrogens is 400 g/mol. The highest BCUT2D eigenvalue weighted by Crippen LogP contribution is 2.31. The Morgan fingerprint density at radius 3 is 2.80 bits per heavy atom. The number of hydrazine groups is 1. The topological polar surface area (TPSA) is 105 Å². The molecule has 0 atom stereocenters. The summed E-state index contributed by atoms with van der Waals surface area (Å²) < 4.78 is 2.86. The smallest absolute Gasteiger partial charge is 0.258 e. The summed E-state index contributed by atoms with van der Waals surface area (Å²) >= 11 is 1.42. The van der Waals surface area contributed by atoms with Crippen molar-refractivity contribution in [3.63, 3.8) is 0 Å². The van der Waals surface area contributed by atoms with Crippen LogP contribution in [0.5, 0.6) is 0 Å². The van der Waals surface area contributed by atoms with Gasteiger partial charge < -0.3 is 15.6 Å². The second-order valence-corrected chi connectivity index (χ2v) is 8.45. The Kier molecular flexibility index (Phi) is 4.86. The van der Waals surface area contributed by atoms with Gasteiger partial charge in [-0.15, -0.1) is 11.3 Å². The number of nitrogens with two attached hydrogens (primary N) is 1. The average Bonchev–Trinajstić information content (AvgIpc) is 3.41. The summed E-state index contributed by atoms with van der Waals surface area (Å²) in [5.41, 5.74) is 4.17. The second kappa shape index (κ2) is 7.67. The zero-order chi connectivity index (χ0) is 20.7. The monoisotopic (exact) mass is 422 g/mol. The van der Waals surface area contributed by atoms with E-state index in [9.17, 15) is 9.59 Å². The molecule has 9 heteroatoms. The number of fused-ring (bicyclic) bond motifs is 5. The Balaban J connectivity index is 1.68. The minimum absolute atomic E-state index is 0.134. The normalized spacial score (nSPS) is 14.7. The summed E-state index contributed by atoms with van der Waals surface area (Å²) in [6, 6.07) is 9.44. The van der Waals surface area contributed by atoms with Gasteiger partial charge in [0.2, 0.25) is 5.43 Å². The molecule has 30 heavy (non-hydrogen) atoms. The van der Waals surface area contributed by atoms with E-state index in [0.717, 1.165) is 29.9 Å². The van der Waals surface area contributed by atoms with Crippen LogP contribution in [0.1, 0.15) is 23.2 Å². The number of carbonyl (C=O) groups is 1. The van der Waals surface area contributed by atoms with E-state index in [1.807, 2.05) is 28.7 Å². The van der Waals surface area contributed by atoms with Crippen molar-refractivity contribution >= 4 is 49.0 Å². The summed E-state index contributed by atoms with van der Waals surface area (Å²) in [4.78, 5) is 34.0. The number of carbonyl (C=O) groups excluding carboxylic acids is 1. The van der Waals surface area contributed by atoms with Crippen molar-refractivity contribution in [1.82, 2.24) is 19.6 Å². The van der Waals surface area contributed by atoms with Crippen LogP contribution in [0.25, 0.3) is 26.1 Å². The number of amides is 1. The average molecular weight is 423 g/mol. The molecule has 154 valence electrons. The number of hydrogen-bond acceptors (Lipinski definition) is 7. The van der Waals surface area contributed by atoms with E-state index < -0.39 is 0 Å². The molecule has 0 spiro atoms. The third kappa shape index (κ3) is 3.02. The molecule has 3 aromatic heterocycles. The van der Waals surface area contributed by atoms with Crippen LogP contribution in [0.2, 0.25) is 0 Å². The molecule has 0 saturated carbocycles. The zero-order valence-corrected chi connectivity index (χ0v) is 17.2. The first-order valence-electron chi connectivity index (χ1n) is 10.0. The first-order chi connectivity index (χ1) is 14.7. The molecule has 4 aromatic rings. The van der Waals surface area contributed by atoms with Crippen molar-refractivity contribution in [3.8, 4) is 0 Å². The number of nitrogens with one attached hydrogen (secondary N) is 2. The summed E-state index contributed by atoms with van der Waals surface area (Å²) in [6.07, 6.45) is 4.00. The van der Waals surface area contributed by atoms with Gasteiger partial charge >= 0.3 is 0 Å². The maximum Gasteiger partial charge on any atom is 0.258 e. The summed E-state index contributed by atoms with van der Waals surface area (Å²) in [6.45, 7) is 3.41. The lowest BCUT2D eigenvalue weighted by Gasteiger charge is -2.15. The van der Waals surface area contributed by atoms with Crippen LogP contribution in [0.3, 0.4) is 0 Å². The highest BCUT2D eigenvalue weighted by molar-refractivity contribution is 7.24. The van der Waals surface area contributed by atoms with Crippen LogP contribution in [0, 0.1) is 0 Å². The SMILES string of the molecule is NNc1ccnc2c1c(=O)c(C(=O)NCCN1CCCC1)c1sc3ccccc3n12. The molecule has 0 bridgehead atoms. The van der Waals surface area contributed by atoms with Crippen LogP contribution < -0.4 is 22.0 Å². The molecular formula is C21H22N6O2S. The van der Waals surface area contributed by atoms with Crippen molar-refractivity contribution in [1.29, 1.82) is 0 Å². The fraction of sp³-hybridized carbons (Fsp3) is 0.286. The Hall–Kier alpha value is -3.01. The second-order valence-electron chi connectivity index (χ2n) is 7.42. The maximum absolute atomic E-state index is 13.4. The minimum Gasteiger partial charge on any atom is -0.351 e. The van der Waals surface area contributed by atoms with Gasteiger partial charge in [0.05, 0.1) is 21.3 Å². The molecule has 1 amide bonds. The standard InChI is InChI=1S/C21H22N6O2S/c22-25-13-7-8-23-19-16(13)18(28)17(20(29)24-9-12-26-10-3-4-11-26)21-27(19)14-5-1-2-6-15(14)30-21/h1-2,5-8H,3-4,9-12,22H2,(H,23,25)(H,24,29). The fourth-order valence-electron chi connectivity index (χ4n) is 4.17. The summed E-state index contributed by atoms with van der Waals surface area (Å²) in [5, 5.41) is 3.26. The number of likely N-dealkylation sites (tertiary alicyclic amines) is 1. The Labute approximate surface area is 176 Å². The first-order valence-corrected chi connectivity index (χ1v) is 10.8. The number of rotatable bonds is 5.